The fraction of sp³-hybridized carbons (Fsp3) is 0.909. The Kier molecular flexibility index (Phi) is 3.53. The van der Waals surface area contributed by atoms with E-state index in [1.54, 1.807) is 0 Å². The highest BCUT2D eigenvalue weighted by atomic mass is 16.6. The Morgan fingerprint density at radius 2 is 2.07 bits per heavy atom. The van der Waals surface area contributed by atoms with E-state index >= 15 is 0 Å². The van der Waals surface area contributed by atoms with Crippen molar-refractivity contribution in [3.8, 4) is 0 Å². The number of esters is 1. The molecule has 1 aliphatic heterocycles. The van der Waals surface area contributed by atoms with Crippen molar-refractivity contribution < 1.29 is 9.53 Å². The largest absolute Gasteiger partial charge is 0.459 e. The Balaban J connectivity index is 2.44. The lowest BCUT2D eigenvalue weighted by atomic mass is 9.94. The predicted octanol–water partition coefficient (Wildman–Crippen LogP) is 1.72. The van der Waals surface area contributed by atoms with Crippen LogP contribution in [-0.4, -0.2) is 24.2 Å². The van der Waals surface area contributed by atoms with Crippen molar-refractivity contribution in [3.05, 3.63) is 0 Å². The second-order valence-electron chi connectivity index (χ2n) is 5.17. The first-order valence-corrected chi connectivity index (χ1v) is 5.35. The van der Waals surface area contributed by atoms with Crippen molar-refractivity contribution in [1.82, 2.24) is 5.32 Å². The normalized spacial score (nSPS) is 28.6. The molecule has 1 saturated heterocycles. The first-order chi connectivity index (χ1) is 6.38. The molecule has 1 aliphatic rings. The first kappa shape index (κ1) is 11.5. The number of ether oxygens (including phenoxy) is 1. The van der Waals surface area contributed by atoms with Gasteiger partial charge in [0, 0.05) is 0 Å². The number of nitrogens with one attached hydrogen (secondary N) is 1. The Bertz CT molecular complexity index is 208. The summed E-state index contributed by atoms with van der Waals surface area (Å²) < 4.78 is 5.32. The Morgan fingerprint density at radius 3 is 2.57 bits per heavy atom. The van der Waals surface area contributed by atoms with Gasteiger partial charge in [-0.15, -0.1) is 0 Å². The van der Waals surface area contributed by atoms with Gasteiger partial charge in [-0.2, -0.15) is 0 Å². The third-order valence-corrected chi connectivity index (χ3v) is 2.36. The number of rotatable bonds is 1. The maximum Gasteiger partial charge on any atom is 0.323 e. The van der Waals surface area contributed by atoms with Crippen molar-refractivity contribution in [2.24, 2.45) is 5.92 Å². The van der Waals surface area contributed by atoms with Gasteiger partial charge >= 0.3 is 5.97 Å². The van der Waals surface area contributed by atoms with Gasteiger partial charge in [0.2, 0.25) is 0 Å². The highest BCUT2D eigenvalue weighted by molar-refractivity contribution is 5.76. The van der Waals surface area contributed by atoms with Crippen LogP contribution >= 0.6 is 0 Å². The lowest BCUT2D eigenvalue weighted by Crippen LogP contribution is -2.45. The summed E-state index contributed by atoms with van der Waals surface area (Å²) in [6.45, 7) is 8.80. The zero-order valence-electron chi connectivity index (χ0n) is 9.59. The van der Waals surface area contributed by atoms with E-state index in [0.717, 1.165) is 19.4 Å². The van der Waals surface area contributed by atoms with Crippen molar-refractivity contribution in [3.63, 3.8) is 0 Å². The average Bonchev–Trinajstić information content (AvgIpc) is 2.01. The molecule has 1 rings (SSSR count). The number of hydrogen-bond donors (Lipinski definition) is 1. The fourth-order valence-electron chi connectivity index (χ4n) is 1.66. The Morgan fingerprint density at radius 1 is 1.43 bits per heavy atom. The second kappa shape index (κ2) is 4.30. The second-order valence-corrected chi connectivity index (χ2v) is 5.17. The minimum Gasteiger partial charge on any atom is -0.459 e. The standard InChI is InChI=1S/C11H21NO2/c1-8-5-6-12-9(7-8)10(13)14-11(2,3)4/h8-9,12H,5-7H2,1-4H3/t8-,9+/m1/s1. The maximum absolute atomic E-state index is 11.7. The summed E-state index contributed by atoms with van der Waals surface area (Å²) in [6, 6.07) is -0.0991. The maximum atomic E-state index is 11.7. The van der Waals surface area contributed by atoms with Crippen LogP contribution in [-0.2, 0) is 9.53 Å². The summed E-state index contributed by atoms with van der Waals surface area (Å²) in [5, 5.41) is 3.20. The first-order valence-electron chi connectivity index (χ1n) is 5.35. The third kappa shape index (κ3) is 3.66. The summed E-state index contributed by atoms with van der Waals surface area (Å²) in [4.78, 5) is 11.7. The van der Waals surface area contributed by atoms with Crippen LogP contribution in [0.5, 0.6) is 0 Å². The molecule has 3 heteroatoms. The quantitative estimate of drug-likeness (QED) is 0.653. The van der Waals surface area contributed by atoms with Gasteiger partial charge in [0.05, 0.1) is 0 Å². The molecule has 0 aromatic rings. The lowest BCUT2D eigenvalue weighted by Gasteiger charge is -2.29. The van der Waals surface area contributed by atoms with E-state index < -0.39 is 0 Å². The molecule has 2 atom stereocenters. The minimum atomic E-state index is -0.376. The van der Waals surface area contributed by atoms with Crippen molar-refractivity contribution in [2.45, 2.75) is 52.2 Å². The third-order valence-electron chi connectivity index (χ3n) is 2.36. The van der Waals surface area contributed by atoms with Crippen molar-refractivity contribution >= 4 is 5.97 Å². The molecule has 0 bridgehead atoms. The molecule has 82 valence electrons. The molecule has 0 aromatic heterocycles. The van der Waals surface area contributed by atoms with Crippen molar-refractivity contribution in [2.75, 3.05) is 6.54 Å². The molecular formula is C11H21NO2. The van der Waals surface area contributed by atoms with Gasteiger partial charge < -0.3 is 10.1 Å². The number of carbonyl (C=O) groups is 1. The zero-order chi connectivity index (χ0) is 10.8. The van der Waals surface area contributed by atoms with Crippen LogP contribution in [0.4, 0.5) is 0 Å². The SMILES string of the molecule is C[C@@H]1CCN[C@H](C(=O)OC(C)(C)C)C1. The topological polar surface area (TPSA) is 38.3 Å². The highest BCUT2D eigenvalue weighted by Crippen LogP contribution is 2.18. The summed E-state index contributed by atoms with van der Waals surface area (Å²) >= 11 is 0. The molecule has 0 aliphatic carbocycles. The van der Waals surface area contributed by atoms with Crippen LogP contribution in [0.15, 0.2) is 0 Å². The van der Waals surface area contributed by atoms with Crippen LogP contribution in [0.3, 0.4) is 0 Å². The molecule has 3 nitrogen and oxygen atoms in total. The average molecular weight is 199 g/mol. The molecule has 14 heavy (non-hydrogen) atoms. The van der Waals surface area contributed by atoms with Gasteiger partial charge in [-0.1, -0.05) is 6.92 Å². The van der Waals surface area contributed by atoms with E-state index in [-0.39, 0.29) is 17.6 Å². The molecule has 0 spiro atoms. The Labute approximate surface area is 86.2 Å². The molecular weight excluding hydrogens is 178 g/mol. The monoisotopic (exact) mass is 199 g/mol. The molecule has 0 saturated carbocycles. The minimum absolute atomic E-state index is 0.0991. The van der Waals surface area contributed by atoms with Crippen LogP contribution in [0.2, 0.25) is 0 Å². The van der Waals surface area contributed by atoms with E-state index in [9.17, 15) is 4.79 Å². The molecule has 0 amide bonds. The summed E-state index contributed by atoms with van der Waals surface area (Å²) in [5.74, 6) is 0.512. The van der Waals surface area contributed by atoms with Gasteiger partial charge in [-0.05, 0) is 46.1 Å². The van der Waals surface area contributed by atoms with Crippen LogP contribution in [0.1, 0.15) is 40.5 Å². The smallest absolute Gasteiger partial charge is 0.323 e. The Hall–Kier alpha value is -0.570. The number of carbonyl (C=O) groups excluding carboxylic acids is 1. The molecule has 0 unspecified atom stereocenters. The predicted molar refractivity (Wildman–Crippen MR) is 56.0 cm³/mol. The summed E-state index contributed by atoms with van der Waals surface area (Å²) in [7, 11) is 0. The summed E-state index contributed by atoms with van der Waals surface area (Å²) in [6.07, 6.45) is 2.05. The highest BCUT2D eigenvalue weighted by Gasteiger charge is 2.28. The van der Waals surface area contributed by atoms with Gasteiger partial charge in [0.15, 0.2) is 0 Å². The molecule has 0 aromatic carbocycles. The van der Waals surface area contributed by atoms with Gasteiger partial charge in [0.1, 0.15) is 11.6 Å². The molecule has 0 radical (unpaired) electrons. The molecule has 1 N–H and O–H groups in total. The molecule has 1 heterocycles. The van der Waals surface area contributed by atoms with Crippen LogP contribution < -0.4 is 5.32 Å². The van der Waals surface area contributed by atoms with Gasteiger partial charge in [-0.25, -0.2) is 0 Å². The summed E-state index contributed by atoms with van der Waals surface area (Å²) in [5.41, 5.74) is -0.376. The van der Waals surface area contributed by atoms with Crippen molar-refractivity contribution in [1.29, 1.82) is 0 Å². The van der Waals surface area contributed by atoms with E-state index in [0.29, 0.717) is 5.92 Å². The van der Waals surface area contributed by atoms with E-state index in [1.807, 2.05) is 20.8 Å². The van der Waals surface area contributed by atoms with Crippen LogP contribution in [0.25, 0.3) is 0 Å². The van der Waals surface area contributed by atoms with Gasteiger partial charge in [0.25, 0.3) is 0 Å². The van der Waals surface area contributed by atoms with E-state index in [4.69, 9.17) is 4.74 Å². The van der Waals surface area contributed by atoms with E-state index in [1.165, 1.54) is 0 Å². The molecule has 1 fully saturated rings. The lowest BCUT2D eigenvalue weighted by molar-refractivity contribution is -0.158. The number of piperidine rings is 1. The number of hydrogen-bond acceptors (Lipinski definition) is 3. The zero-order valence-corrected chi connectivity index (χ0v) is 9.59. The van der Waals surface area contributed by atoms with E-state index in [2.05, 4.69) is 12.2 Å². The fourth-order valence-corrected chi connectivity index (χ4v) is 1.66. The van der Waals surface area contributed by atoms with Crippen LogP contribution in [0, 0.1) is 5.92 Å². The van der Waals surface area contributed by atoms with Gasteiger partial charge in [-0.3, -0.25) is 4.79 Å².